The highest BCUT2D eigenvalue weighted by Gasteiger charge is 2.24. The molecule has 0 N–H and O–H groups in total. The van der Waals surface area contributed by atoms with E-state index < -0.39 is 0 Å². The quantitative estimate of drug-likeness (QED) is 0.206. The van der Waals surface area contributed by atoms with Gasteiger partial charge in [-0.3, -0.25) is 0 Å². The van der Waals surface area contributed by atoms with Crippen LogP contribution in [0.5, 0.6) is 0 Å². The van der Waals surface area contributed by atoms with Crippen LogP contribution in [0.15, 0.2) is 166 Å². The van der Waals surface area contributed by atoms with Gasteiger partial charge in [0.05, 0.1) is 11.4 Å². The molecule has 0 unspecified atom stereocenters. The van der Waals surface area contributed by atoms with E-state index in [0.717, 1.165) is 27.9 Å². The van der Waals surface area contributed by atoms with Crippen LogP contribution in [-0.4, -0.2) is 10.2 Å². The Balaban J connectivity index is 1.10. The lowest BCUT2D eigenvalue weighted by Gasteiger charge is -2.33. The van der Waals surface area contributed by atoms with E-state index in [1.807, 2.05) is 54.2 Å². The van der Waals surface area contributed by atoms with E-state index in [0.29, 0.717) is 11.8 Å². The highest BCUT2D eigenvalue weighted by molar-refractivity contribution is 7.99. The lowest BCUT2D eigenvalue weighted by atomic mass is 9.98. The second-order valence-corrected chi connectivity index (χ2v) is 11.4. The summed E-state index contributed by atoms with van der Waals surface area (Å²) in [5.41, 5.74) is 9.96. The number of para-hydroxylation sites is 2. The van der Waals surface area contributed by atoms with Crippen LogP contribution in [0.1, 0.15) is 0 Å². The Hall–Kier alpha value is -5.39. The molecule has 7 aromatic rings. The van der Waals surface area contributed by atoms with Crippen LogP contribution in [0.25, 0.3) is 45.2 Å². The Bertz CT molecular complexity index is 2020. The summed E-state index contributed by atoms with van der Waals surface area (Å²) in [5.74, 6) is 1.03. The smallest absolute Gasteiger partial charge is 0.248 e. The summed E-state index contributed by atoms with van der Waals surface area (Å²) in [6.07, 6.45) is 0. The van der Waals surface area contributed by atoms with Gasteiger partial charge < -0.3 is 9.32 Å². The van der Waals surface area contributed by atoms with Crippen LogP contribution >= 0.6 is 11.8 Å². The zero-order valence-electron chi connectivity index (χ0n) is 23.1. The average molecular weight is 572 g/mol. The second-order valence-electron chi connectivity index (χ2n) is 10.4. The van der Waals surface area contributed by atoms with E-state index in [4.69, 9.17) is 4.42 Å². The molecule has 0 amide bonds. The molecule has 0 radical (unpaired) electrons. The van der Waals surface area contributed by atoms with Gasteiger partial charge in [-0.05, 0) is 89.0 Å². The first kappa shape index (κ1) is 25.3. The number of benzene rings is 6. The number of fused-ring (bicyclic) bond motifs is 2. The minimum atomic E-state index is 0.509. The minimum absolute atomic E-state index is 0.509. The Kier molecular flexibility index (Phi) is 6.35. The maximum absolute atomic E-state index is 5.96. The first-order valence-corrected chi connectivity index (χ1v) is 15.0. The number of hydrogen-bond donors (Lipinski definition) is 0. The van der Waals surface area contributed by atoms with Crippen molar-refractivity contribution in [1.82, 2.24) is 10.2 Å². The molecule has 6 aromatic carbocycles. The maximum Gasteiger partial charge on any atom is 0.248 e. The molecule has 4 nitrogen and oxygen atoms in total. The van der Waals surface area contributed by atoms with Crippen molar-refractivity contribution >= 4 is 28.8 Å². The van der Waals surface area contributed by atoms with Gasteiger partial charge in [-0.15, -0.1) is 10.2 Å². The van der Waals surface area contributed by atoms with Gasteiger partial charge in [0.15, 0.2) is 0 Å². The number of hydrogen-bond acceptors (Lipinski definition) is 5. The number of anilines is 3. The molecular weight excluding hydrogens is 547 g/mol. The summed E-state index contributed by atoms with van der Waals surface area (Å²) >= 11 is 1.83. The van der Waals surface area contributed by atoms with Gasteiger partial charge in [0.1, 0.15) is 0 Å². The normalized spacial score (nSPS) is 12.0. The first-order chi connectivity index (χ1) is 21.3. The lowest BCUT2D eigenvalue weighted by Crippen LogP contribution is -2.14. The fraction of sp³-hybridized carbons (Fsp3) is 0. The van der Waals surface area contributed by atoms with Crippen LogP contribution in [0, 0.1) is 0 Å². The monoisotopic (exact) mass is 571 g/mol. The predicted octanol–water partition coefficient (Wildman–Crippen LogP) is 10.7. The first-order valence-electron chi connectivity index (χ1n) is 14.2. The van der Waals surface area contributed by atoms with Gasteiger partial charge in [0, 0.05) is 26.6 Å². The molecule has 0 saturated heterocycles. The number of rotatable bonds is 5. The summed E-state index contributed by atoms with van der Waals surface area (Å²) in [4.78, 5) is 4.89. The van der Waals surface area contributed by atoms with Crippen LogP contribution in [0.2, 0.25) is 0 Å². The Morgan fingerprint density at radius 1 is 0.419 bits per heavy atom. The van der Waals surface area contributed by atoms with Gasteiger partial charge in [-0.1, -0.05) is 96.7 Å². The van der Waals surface area contributed by atoms with Crippen molar-refractivity contribution in [1.29, 1.82) is 0 Å². The third-order valence-corrected chi connectivity index (χ3v) is 8.77. The van der Waals surface area contributed by atoms with Gasteiger partial charge in [0.2, 0.25) is 11.8 Å². The molecule has 0 fully saturated rings. The summed E-state index contributed by atoms with van der Waals surface area (Å²) in [7, 11) is 0. The van der Waals surface area contributed by atoms with Crippen LogP contribution in [0.3, 0.4) is 0 Å². The molecule has 5 heteroatoms. The molecule has 2 heterocycles. The van der Waals surface area contributed by atoms with E-state index in [9.17, 15) is 0 Å². The van der Waals surface area contributed by atoms with Crippen LogP contribution < -0.4 is 4.90 Å². The molecule has 0 aliphatic carbocycles. The standard InChI is InChI=1S/C38H25N3OS/c1-2-10-27(11-3-1)37-39-40-38(42-37)28-22-20-26(21-23-28)29-12-8-13-30(24-29)31-14-9-15-32(25-31)41-33-16-4-6-18-35(33)43-36-19-7-5-17-34(36)41/h1-25H. The van der Waals surface area contributed by atoms with Crippen molar-refractivity contribution < 1.29 is 4.42 Å². The zero-order valence-corrected chi connectivity index (χ0v) is 23.9. The fourth-order valence-electron chi connectivity index (χ4n) is 5.53. The topological polar surface area (TPSA) is 42.2 Å². The van der Waals surface area contributed by atoms with Crippen molar-refractivity contribution in [3.05, 3.63) is 152 Å². The van der Waals surface area contributed by atoms with Gasteiger partial charge in [-0.2, -0.15) is 0 Å². The van der Waals surface area contributed by atoms with Gasteiger partial charge in [-0.25, -0.2) is 0 Å². The Labute approximate surface area is 254 Å². The van der Waals surface area contributed by atoms with Crippen molar-refractivity contribution in [2.45, 2.75) is 9.79 Å². The molecule has 0 spiro atoms. The summed E-state index contributed by atoms with van der Waals surface area (Å²) in [5, 5.41) is 8.51. The molecule has 0 saturated carbocycles. The third-order valence-electron chi connectivity index (χ3n) is 7.64. The van der Waals surface area contributed by atoms with E-state index in [1.54, 1.807) is 0 Å². The molecular formula is C38H25N3OS. The molecule has 1 aliphatic heterocycles. The minimum Gasteiger partial charge on any atom is -0.416 e. The maximum atomic E-state index is 5.96. The van der Waals surface area contributed by atoms with Crippen molar-refractivity contribution in [2.24, 2.45) is 0 Å². The van der Waals surface area contributed by atoms with Crippen molar-refractivity contribution in [3.63, 3.8) is 0 Å². The number of nitrogens with zero attached hydrogens (tertiary/aromatic N) is 3. The molecule has 8 rings (SSSR count). The van der Waals surface area contributed by atoms with E-state index in [2.05, 4.69) is 124 Å². The Morgan fingerprint density at radius 3 is 1.58 bits per heavy atom. The summed E-state index contributed by atoms with van der Waals surface area (Å²) < 4.78 is 5.96. The van der Waals surface area contributed by atoms with Crippen molar-refractivity contribution in [3.8, 4) is 45.2 Å². The fourth-order valence-corrected chi connectivity index (χ4v) is 6.59. The largest absolute Gasteiger partial charge is 0.416 e. The number of aromatic nitrogens is 2. The van der Waals surface area contributed by atoms with Gasteiger partial charge in [0.25, 0.3) is 0 Å². The van der Waals surface area contributed by atoms with E-state index in [1.165, 1.54) is 32.3 Å². The average Bonchev–Trinajstić information content (AvgIpc) is 3.58. The summed E-state index contributed by atoms with van der Waals surface area (Å²) in [6.45, 7) is 0. The molecule has 0 atom stereocenters. The molecule has 1 aromatic heterocycles. The predicted molar refractivity (Wildman–Crippen MR) is 175 cm³/mol. The lowest BCUT2D eigenvalue weighted by molar-refractivity contribution is 0.584. The van der Waals surface area contributed by atoms with E-state index in [-0.39, 0.29) is 0 Å². The molecule has 43 heavy (non-hydrogen) atoms. The zero-order chi connectivity index (χ0) is 28.6. The molecule has 204 valence electrons. The van der Waals surface area contributed by atoms with Crippen LogP contribution in [0.4, 0.5) is 17.1 Å². The summed E-state index contributed by atoms with van der Waals surface area (Å²) in [6, 6.07) is 52.8. The molecule has 0 bridgehead atoms. The van der Waals surface area contributed by atoms with Crippen molar-refractivity contribution in [2.75, 3.05) is 4.90 Å². The highest BCUT2D eigenvalue weighted by atomic mass is 32.2. The van der Waals surface area contributed by atoms with Crippen LogP contribution in [-0.2, 0) is 0 Å². The molecule has 1 aliphatic rings. The SMILES string of the molecule is c1ccc(-c2nnc(-c3ccc(-c4cccc(-c5cccc(N6c7ccccc7Sc7ccccc76)c5)c4)cc3)o2)cc1. The Morgan fingerprint density at radius 2 is 0.907 bits per heavy atom. The second kappa shape index (κ2) is 10.8. The third kappa shape index (κ3) is 4.80. The highest BCUT2D eigenvalue weighted by Crippen LogP contribution is 2.51. The van der Waals surface area contributed by atoms with Gasteiger partial charge >= 0.3 is 0 Å². The van der Waals surface area contributed by atoms with E-state index >= 15 is 0 Å².